The summed E-state index contributed by atoms with van der Waals surface area (Å²) in [5.41, 5.74) is 0. The molecule has 0 fully saturated rings. The topological polar surface area (TPSA) is 117 Å². The summed E-state index contributed by atoms with van der Waals surface area (Å²) in [6.45, 7) is 0. The Morgan fingerprint density at radius 2 is 1.14 bits per heavy atom. The van der Waals surface area contributed by atoms with Gasteiger partial charge in [-0.3, -0.25) is 0 Å². The molecule has 50 valence electrons. The molecule has 0 aliphatic carbocycles. The summed E-state index contributed by atoms with van der Waals surface area (Å²) < 4.78 is 34.4. The molecule has 0 saturated heterocycles. The van der Waals surface area contributed by atoms with E-state index in [4.69, 9.17) is 15.9 Å². The normalized spacial score (nSPS) is 8.29. The van der Waals surface area contributed by atoms with Crippen LogP contribution >= 0.6 is 0 Å². The maximum absolute atomic E-state index is 8.59. The second kappa shape index (κ2) is 4.69. The number of hydrogen-bond acceptors (Lipinski definition) is 4. The molecule has 7 heavy (non-hydrogen) atoms. The molecule has 0 rings (SSSR count). The van der Waals surface area contributed by atoms with Crippen molar-refractivity contribution in [3.8, 4) is 0 Å². The predicted molar refractivity (Wildman–Crippen MR) is 7.36 cm³/mol. The van der Waals surface area contributed by atoms with Crippen molar-refractivity contribution in [2.75, 3.05) is 0 Å². The van der Waals surface area contributed by atoms with Crippen LogP contribution in [0.3, 0.4) is 0 Å². The quantitative estimate of drug-likeness (QED) is 0.442. The molecule has 0 radical (unpaired) electrons. The molecule has 7 heteroatoms. The van der Waals surface area contributed by atoms with Crippen molar-refractivity contribution in [1.29, 1.82) is 0 Å². The fraction of sp³-hybridized carbons (Fsp3) is 0. The number of hydrogen-bond donors (Lipinski definition) is 1. The predicted octanol–water partition coefficient (Wildman–Crippen LogP) is -2.24. The maximum atomic E-state index is 8.59. The van der Waals surface area contributed by atoms with Crippen LogP contribution < -0.4 is 14.5 Å². The van der Waals surface area contributed by atoms with Crippen molar-refractivity contribution >= 4 is 0 Å². The van der Waals surface area contributed by atoms with Gasteiger partial charge in [-0.25, -0.2) is 0 Å². The summed E-state index contributed by atoms with van der Waals surface area (Å²) in [7, 11) is 0. The molecule has 0 aromatic heterocycles. The molecule has 0 heterocycles. The fourth-order valence-electron chi connectivity index (χ4n) is 0. The molecule has 5 nitrogen and oxygen atoms in total. The molecule has 0 spiro atoms. The molecule has 0 atom stereocenters. The zero-order valence-electron chi connectivity index (χ0n) is 3.34. The van der Waals surface area contributed by atoms with Crippen molar-refractivity contribution in [3.05, 3.63) is 0 Å². The van der Waals surface area contributed by atoms with Gasteiger partial charge in [-0.15, -0.1) is 0 Å². The molecule has 0 aromatic carbocycles. The average molecular weight is 198 g/mol. The standard InChI is InChI=1S/Cr.Cu.H3N.4O/h;;1H3;;;;/q;+1;;;;2*-1/p+1. The Hall–Kier alpha value is 0.532. The Morgan fingerprint density at radius 1 is 1.14 bits per heavy atom. The van der Waals surface area contributed by atoms with Crippen LogP contribution in [0, 0.1) is 0 Å². The summed E-state index contributed by atoms with van der Waals surface area (Å²) >= 11 is -5.75. The summed E-state index contributed by atoms with van der Waals surface area (Å²) in [4.78, 5) is 0. The molecule has 0 unspecified atom stereocenters. The van der Waals surface area contributed by atoms with Crippen LogP contribution in [0.1, 0.15) is 0 Å². The third kappa shape index (κ3) is 474. The van der Waals surface area contributed by atoms with Crippen molar-refractivity contribution in [1.82, 2.24) is 6.15 Å². The summed E-state index contributed by atoms with van der Waals surface area (Å²) in [5.74, 6) is 0. The summed E-state index contributed by atoms with van der Waals surface area (Å²) in [5, 5.41) is 0. The first-order valence-corrected chi connectivity index (χ1v) is 2.75. The van der Waals surface area contributed by atoms with Crippen molar-refractivity contribution in [2.45, 2.75) is 0 Å². The van der Waals surface area contributed by atoms with Gasteiger partial charge in [0.25, 0.3) is 0 Å². The Morgan fingerprint density at radius 3 is 1.14 bits per heavy atom. The average Bonchev–Trinajstić information content (AvgIpc) is 0.722. The fourth-order valence-corrected chi connectivity index (χ4v) is 0. The second-order valence-corrected chi connectivity index (χ2v) is 1.68. The van der Waals surface area contributed by atoms with Crippen LogP contribution in [0.25, 0.3) is 0 Å². The molecule has 0 aromatic rings. The molecule has 0 amide bonds. The van der Waals surface area contributed by atoms with E-state index in [0.29, 0.717) is 0 Å². The van der Waals surface area contributed by atoms with Gasteiger partial charge in [0.15, 0.2) is 0 Å². The Balaban J connectivity index is -0.0000000800. The second-order valence-electron chi connectivity index (χ2n) is 0.408. The molecule has 0 saturated carbocycles. The van der Waals surface area contributed by atoms with Crippen LogP contribution in [-0.2, 0) is 38.3 Å². The van der Waals surface area contributed by atoms with Crippen LogP contribution in [0.5, 0.6) is 0 Å². The zero-order chi connectivity index (χ0) is 4.50. The van der Waals surface area contributed by atoms with Gasteiger partial charge in [0.05, 0.1) is 0 Å². The minimum absolute atomic E-state index is 0. The minimum atomic E-state index is -5.75. The molecule has 4 N–H and O–H groups in total. The van der Waals surface area contributed by atoms with Crippen molar-refractivity contribution in [2.24, 2.45) is 0 Å². The van der Waals surface area contributed by atoms with Gasteiger partial charge in [-0.05, 0) is 0 Å². The van der Waals surface area contributed by atoms with Gasteiger partial charge in [-0.2, -0.15) is 0 Å². The monoisotopic (exact) mass is 197 g/mol. The van der Waals surface area contributed by atoms with Crippen molar-refractivity contribution < 1.29 is 46.6 Å². The Kier molecular flexibility index (Phi) is 10.5. The summed E-state index contributed by atoms with van der Waals surface area (Å²) in [6.07, 6.45) is 0. The van der Waals surface area contributed by atoms with E-state index < -0.39 is 13.6 Å². The third-order valence-corrected chi connectivity index (χ3v) is 0. The van der Waals surface area contributed by atoms with E-state index in [-0.39, 0.29) is 23.2 Å². The molecular weight excluding hydrogens is 194 g/mol. The first kappa shape index (κ1) is 15.6. The van der Waals surface area contributed by atoms with Gasteiger partial charge < -0.3 is 6.15 Å². The van der Waals surface area contributed by atoms with Crippen molar-refractivity contribution in [3.63, 3.8) is 0 Å². The van der Waals surface area contributed by atoms with Crippen LogP contribution in [-0.4, -0.2) is 0 Å². The van der Waals surface area contributed by atoms with Crippen LogP contribution in [0.2, 0.25) is 0 Å². The van der Waals surface area contributed by atoms with Crippen LogP contribution in [0.4, 0.5) is 0 Å². The first-order chi connectivity index (χ1) is 2.00. The van der Waals surface area contributed by atoms with Gasteiger partial charge in [0.1, 0.15) is 0 Å². The first-order valence-electron chi connectivity index (χ1n) is 0.667. The van der Waals surface area contributed by atoms with E-state index in [9.17, 15) is 0 Å². The van der Waals surface area contributed by atoms with E-state index in [1.807, 2.05) is 0 Å². The molecule has 0 aliphatic heterocycles. The van der Waals surface area contributed by atoms with E-state index in [2.05, 4.69) is 0 Å². The van der Waals surface area contributed by atoms with E-state index >= 15 is 0 Å². The Bertz CT molecular complexity index is 94.9. The third-order valence-electron chi connectivity index (χ3n) is 0. The zero-order valence-corrected chi connectivity index (χ0v) is 5.56. The van der Waals surface area contributed by atoms with Gasteiger partial charge >= 0.3 is 46.6 Å². The van der Waals surface area contributed by atoms with E-state index in [1.165, 1.54) is 0 Å². The van der Waals surface area contributed by atoms with Gasteiger partial charge in [0, 0.05) is 0 Å². The van der Waals surface area contributed by atoms with Gasteiger partial charge in [0.2, 0.25) is 0 Å². The number of quaternary nitrogens is 1. The SMILES string of the molecule is [Cu+].[NH4+].[O]=[Cr](=[O])([O-])[O-]. The van der Waals surface area contributed by atoms with Crippen LogP contribution in [0.15, 0.2) is 0 Å². The van der Waals surface area contributed by atoms with E-state index in [0.717, 1.165) is 0 Å². The molecular formula is H4CrCuNO4. The van der Waals surface area contributed by atoms with E-state index in [1.54, 1.807) is 0 Å². The number of rotatable bonds is 0. The molecule has 0 aliphatic rings. The molecule has 0 bridgehead atoms. The van der Waals surface area contributed by atoms with Gasteiger partial charge in [-0.1, -0.05) is 0 Å². The summed E-state index contributed by atoms with van der Waals surface area (Å²) in [6, 6.07) is 0. The Labute approximate surface area is 53.2 Å².